The molecule has 0 fully saturated rings. The highest BCUT2D eigenvalue weighted by Crippen LogP contribution is 2.42. The minimum Gasteiger partial charge on any atom is -0.435 e. The monoisotopic (exact) mass is 698 g/mol. The van der Waals surface area contributed by atoms with Crippen molar-refractivity contribution in [2.24, 2.45) is 0 Å². The molecule has 0 atom stereocenters. The summed E-state index contributed by atoms with van der Waals surface area (Å²) in [6.45, 7) is 0. The highest BCUT2D eigenvalue weighted by molar-refractivity contribution is 6.23. The number of oxazole rings is 1. The van der Waals surface area contributed by atoms with Crippen molar-refractivity contribution in [3.05, 3.63) is 170 Å². The molecule has 0 saturated carbocycles. The smallest absolute Gasteiger partial charge is 0.238 e. The number of hydrogen-bond donors (Lipinski definition) is 0. The molecule has 0 amide bonds. The first-order valence-corrected chi connectivity index (χ1v) is 17.7. The molecule has 0 N–H and O–H groups in total. The average molecular weight is 699 g/mol. The van der Waals surface area contributed by atoms with Gasteiger partial charge in [0.1, 0.15) is 11.3 Å². The predicted octanol–water partition coefficient (Wildman–Crippen LogP) is 11.3. The van der Waals surface area contributed by atoms with Crippen LogP contribution in [0.5, 0.6) is 0 Å². The van der Waals surface area contributed by atoms with Crippen LogP contribution in [0.1, 0.15) is 0 Å². The van der Waals surface area contributed by atoms with Crippen LogP contribution in [-0.2, 0) is 0 Å². The largest absolute Gasteiger partial charge is 0.435 e. The van der Waals surface area contributed by atoms with Crippen molar-refractivity contribution in [1.29, 1.82) is 0 Å². The quantitative estimate of drug-likeness (QED) is 0.179. The summed E-state index contributed by atoms with van der Waals surface area (Å²) < 4.78 is 25.7. The number of aromatic nitrogens is 6. The summed E-state index contributed by atoms with van der Waals surface area (Å²) in [6, 6.07) is 53.5. The Bertz CT molecular complexity index is 3240. The van der Waals surface area contributed by atoms with Crippen molar-refractivity contribution >= 4 is 54.7 Å². The van der Waals surface area contributed by atoms with E-state index < -0.39 is 0 Å². The second-order valence-corrected chi connectivity index (χ2v) is 13.2. The number of rotatable bonds is 5. The van der Waals surface area contributed by atoms with E-state index in [1.54, 1.807) is 6.07 Å². The Morgan fingerprint density at radius 1 is 0.463 bits per heavy atom. The van der Waals surface area contributed by atoms with E-state index in [0.29, 0.717) is 45.7 Å². The summed E-state index contributed by atoms with van der Waals surface area (Å²) in [7, 11) is 0. The standard InChI is InChI=1S/C46H27FN6O/c47-30-16-11-15-29(27-30)43-49-44(36-21-12-22-37-42(36)54-45(48-37)28-13-3-1-4-14-28)51-46(50-43)53-39-24-10-8-20-33(39)35-26-25-34-32-19-7-9-23-38(32)52(40(34)41(35)53)31-17-5-2-6-18-31/h1-27H. The van der Waals surface area contributed by atoms with E-state index in [0.717, 1.165) is 54.9 Å². The van der Waals surface area contributed by atoms with E-state index in [1.165, 1.54) is 12.1 Å². The third-order valence-electron chi connectivity index (χ3n) is 10.1. The van der Waals surface area contributed by atoms with Crippen LogP contribution in [0.2, 0.25) is 0 Å². The molecule has 0 aliphatic heterocycles. The summed E-state index contributed by atoms with van der Waals surface area (Å²) in [5.74, 6) is 1.21. The highest BCUT2D eigenvalue weighted by Gasteiger charge is 2.24. The van der Waals surface area contributed by atoms with Gasteiger partial charge < -0.3 is 8.98 Å². The third kappa shape index (κ3) is 4.60. The fourth-order valence-corrected chi connectivity index (χ4v) is 7.72. The first-order valence-electron chi connectivity index (χ1n) is 17.7. The molecule has 8 heteroatoms. The lowest BCUT2D eigenvalue weighted by Crippen LogP contribution is -2.07. The fourth-order valence-electron chi connectivity index (χ4n) is 7.72. The van der Waals surface area contributed by atoms with Crippen molar-refractivity contribution in [2.75, 3.05) is 0 Å². The van der Waals surface area contributed by atoms with E-state index in [4.69, 9.17) is 24.4 Å². The summed E-state index contributed by atoms with van der Waals surface area (Å²) in [4.78, 5) is 20.2. The van der Waals surface area contributed by atoms with Crippen molar-refractivity contribution in [1.82, 2.24) is 29.1 Å². The maximum absolute atomic E-state index is 14.8. The molecule has 7 aromatic carbocycles. The van der Waals surface area contributed by atoms with E-state index >= 15 is 0 Å². The van der Waals surface area contributed by atoms with Gasteiger partial charge in [-0.15, -0.1) is 0 Å². The van der Waals surface area contributed by atoms with Crippen molar-refractivity contribution in [2.45, 2.75) is 0 Å². The molecule has 11 rings (SSSR count). The zero-order valence-electron chi connectivity index (χ0n) is 28.6. The number of nitrogens with zero attached hydrogens (tertiary/aromatic N) is 6. The van der Waals surface area contributed by atoms with Gasteiger partial charge >= 0.3 is 0 Å². The average Bonchev–Trinajstić information content (AvgIpc) is 3.92. The first-order chi connectivity index (χ1) is 26.7. The number of hydrogen-bond acceptors (Lipinski definition) is 5. The van der Waals surface area contributed by atoms with Gasteiger partial charge in [0.15, 0.2) is 17.2 Å². The highest BCUT2D eigenvalue weighted by atomic mass is 19.1. The lowest BCUT2D eigenvalue weighted by atomic mass is 10.1. The Morgan fingerprint density at radius 2 is 1.07 bits per heavy atom. The summed E-state index contributed by atoms with van der Waals surface area (Å²) in [5, 5.41) is 4.35. The van der Waals surface area contributed by atoms with Gasteiger partial charge in [0.05, 0.1) is 27.6 Å². The zero-order valence-corrected chi connectivity index (χ0v) is 28.6. The molecular formula is C46H27FN6O. The Kier molecular flexibility index (Phi) is 6.60. The van der Waals surface area contributed by atoms with E-state index in [-0.39, 0.29) is 5.82 Å². The molecule has 0 unspecified atom stereocenters. The van der Waals surface area contributed by atoms with E-state index in [9.17, 15) is 4.39 Å². The van der Waals surface area contributed by atoms with Gasteiger partial charge in [-0.25, -0.2) is 14.4 Å². The second-order valence-electron chi connectivity index (χ2n) is 13.2. The lowest BCUT2D eigenvalue weighted by molar-refractivity contribution is 0.620. The van der Waals surface area contributed by atoms with Crippen LogP contribution in [0.3, 0.4) is 0 Å². The van der Waals surface area contributed by atoms with E-state index in [2.05, 4.69) is 88.0 Å². The fraction of sp³-hybridized carbons (Fsp3) is 0. The molecule has 11 aromatic rings. The zero-order chi connectivity index (χ0) is 35.8. The van der Waals surface area contributed by atoms with Gasteiger partial charge in [0, 0.05) is 38.4 Å². The molecule has 0 aliphatic carbocycles. The second kappa shape index (κ2) is 11.8. The molecule has 0 spiro atoms. The van der Waals surface area contributed by atoms with Gasteiger partial charge in [0.2, 0.25) is 11.8 Å². The van der Waals surface area contributed by atoms with Gasteiger partial charge in [-0.3, -0.25) is 4.57 Å². The Labute approximate surface area is 307 Å². The van der Waals surface area contributed by atoms with Crippen LogP contribution >= 0.6 is 0 Å². The Balaban J connectivity index is 1.27. The van der Waals surface area contributed by atoms with E-state index in [1.807, 2.05) is 66.7 Å². The van der Waals surface area contributed by atoms with Gasteiger partial charge in [-0.1, -0.05) is 103 Å². The SMILES string of the molecule is Fc1cccc(-c2nc(-c3cccc4nc(-c5ccccc5)oc34)nc(-n3c4ccccc4c4ccc5c6ccccc6n(-c6ccccc6)c5c43)n2)c1. The predicted molar refractivity (Wildman–Crippen MR) is 212 cm³/mol. The molecular weight excluding hydrogens is 672 g/mol. The Morgan fingerprint density at radius 3 is 1.81 bits per heavy atom. The minimum atomic E-state index is -0.383. The summed E-state index contributed by atoms with van der Waals surface area (Å²) in [5.41, 5.74) is 8.28. The Hall–Kier alpha value is -7.45. The van der Waals surface area contributed by atoms with Crippen LogP contribution in [0.15, 0.2) is 168 Å². The molecule has 54 heavy (non-hydrogen) atoms. The lowest BCUT2D eigenvalue weighted by Gasteiger charge is -2.13. The van der Waals surface area contributed by atoms with Crippen LogP contribution in [-0.4, -0.2) is 29.1 Å². The van der Waals surface area contributed by atoms with Crippen LogP contribution < -0.4 is 0 Å². The number of benzene rings is 7. The van der Waals surface area contributed by atoms with Crippen LogP contribution in [0.4, 0.5) is 4.39 Å². The molecule has 0 aliphatic rings. The van der Waals surface area contributed by atoms with Crippen molar-refractivity contribution < 1.29 is 8.81 Å². The van der Waals surface area contributed by atoms with Crippen molar-refractivity contribution in [3.8, 4) is 45.9 Å². The van der Waals surface area contributed by atoms with Crippen molar-refractivity contribution in [3.63, 3.8) is 0 Å². The molecule has 0 saturated heterocycles. The number of para-hydroxylation sites is 4. The van der Waals surface area contributed by atoms with Crippen LogP contribution in [0, 0.1) is 5.82 Å². The molecule has 254 valence electrons. The maximum atomic E-state index is 14.8. The molecule has 4 aromatic heterocycles. The normalized spacial score (nSPS) is 11.8. The molecule has 0 radical (unpaired) electrons. The van der Waals surface area contributed by atoms with Gasteiger partial charge in [-0.2, -0.15) is 9.97 Å². The topological polar surface area (TPSA) is 74.6 Å². The molecule has 4 heterocycles. The van der Waals surface area contributed by atoms with Crippen LogP contribution in [0.25, 0.3) is 101 Å². The summed E-state index contributed by atoms with van der Waals surface area (Å²) >= 11 is 0. The number of fused-ring (bicyclic) bond motifs is 8. The first kappa shape index (κ1) is 30.2. The number of halogens is 1. The third-order valence-corrected chi connectivity index (χ3v) is 10.1. The summed E-state index contributed by atoms with van der Waals surface area (Å²) in [6.07, 6.45) is 0. The molecule has 7 nitrogen and oxygen atoms in total. The van der Waals surface area contributed by atoms with Gasteiger partial charge in [-0.05, 0) is 60.7 Å². The minimum absolute atomic E-state index is 0.330. The maximum Gasteiger partial charge on any atom is 0.238 e. The van der Waals surface area contributed by atoms with Gasteiger partial charge in [0.25, 0.3) is 0 Å². The molecule has 0 bridgehead atoms.